The number of benzene rings is 1. The number of Topliss-reactive ketones (excluding diaryl/α,β-unsaturated/α-hetero) is 1. The standard InChI is InChI=1S/C10H6F4O2/c1-5(16)8-3-7(10(12,13)14)2-6(4-15)9(8)11/h2-4H,1H3. The van der Waals surface area contributed by atoms with E-state index in [2.05, 4.69) is 0 Å². The molecule has 2 nitrogen and oxygen atoms in total. The van der Waals surface area contributed by atoms with Gasteiger partial charge in [-0.1, -0.05) is 0 Å². The van der Waals surface area contributed by atoms with Crippen LogP contribution in [0.15, 0.2) is 12.1 Å². The fourth-order valence-corrected chi connectivity index (χ4v) is 1.15. The Kier molecular flexibility index (Phi) is 3.11. The second kappa shape index (κ2) is 4.03. The molecule has 0 saturated heterocycles. The van der Waals surface area contributed by atoms with E-state index in [1.165, 1.54) is 0 Å². The third kappa shape index (κ3) is 2.26. The summed E-state index contributed by atoms with van der Waals surface area (Å²) in [6.07, 6.45) is -4.79. The van der Waals surface area contributed by atoms with E-state index in [1.807, 2.05) is 0 Å². The van der Waals surface area contributed by atoms with Gasteiger partial charge in [0.05, 0.1) is 16.7 Å². The van der Waals surface area contributed by atoms with Crippen molar-refractivity contribution in [2.24, 2.45) is 0 Å². The van der Waals surface area contributed by atoms with E-state index >= 15 is 0 Å². The minimum absolute atomic E-state index is 0.0585. The summed E-state index contributed by atoms with van der Waals surface area (Å²) in [5.41, 5.74) is -2.74. The van der Waals surface area contributed by atoms with Crippen molar-refractivity contribution in [1.29, 1.82) is 0 Å². The Bertz CT molecular complexity index is 449. The molecule has 0 bridgehead atoms. The van der Waals surface area contributed by atoms with Gasteiger partial charge in [0.1, 0.15) is 5.82 Å². The Labute approximate surface area is 87.9 Å². The molecule has 86 valence electrons. The van der Waals surface area contributed by atoms with Crippen LogP contribution in [0.25, 0.3) is 0 Å². The van der Waals surface area contributed by atoms with E-state index in [4.69, 9.17) is 0 Å². The topological polar surface area (TPSA) is 34.1 Å². The number of ketones is 1. The minimum Gasteiger partial charge on any atom is -0.298 e. The second-order valence-electron chi connectivity index (χ2n) is 3.10. The van der Waals surface area contributed by atoms with Gasteiger partial charge in [0, 0.05) is 0 Å². The Hall–Kier alpha value is -1.72. The molecule has 0 aliphatic heterocycles. The number of aldehydes is 1. The maximum atomic E-state index is 13.3. The van der Waals surface area contributed by atoms with Crippen molar-refractivity contribution < 1.29 is 27.2 Å². The highest BCUT2D eigenvalue weighted by molar-refractivity contribution is 5.96. The molecular formula is C10H6F4O2. The second-order valence-corrected chi connectivity index (χ2v) is 3.10. The Morgan fingerprint density at radius 1 is 1.31 bits per heavy atom. The van der Waals surface area contributed by atoms with Crippen molar-refractivity contribution in [1.82, 2.24) is 0 Å². The van der Waals surface area contributed by atoms with E-state index in [9.17, 15) is 27.2 Å². The summed E-state index contributed by atoms with van der Waals surface area (Å²) in [6, 6.07) is 0.763. The Morgan fingerprint density at radius 3 is 2.25 bits per heavy atom. The molecule has 6 heteroatoms. The molecule has 0 amide bonds. The average Bonchev–Trinajstić information content (AvgIpc) is 2.15. The van der Waals surface area contributed by atoms with E-state index in [0.717, 1.165) is 6.92 Å². The van der Waals surface area contributed by atoms with E-state index in [0.29, 0.717) is 12.1 Å². The highest BCUT2D eigenvalue weighted by atomic mass is 19.4. The molecule has 1 rings (SSSR count). The third-order valence-electron chi connectivity index (χ3n) is 1.93. The van der Waals surface area contributed by atoms with Crippen LogP contribution in [0.2, 0.25) is 0 Å². The third-order valence-corrected chi connectivity index (χ3v) is 1.93. The molecule has 0 heterocycles. The molecule has 1 aromatic carbocycles. The van der Waals surface area contributed by atoms with Gasteiger partial charge in [-0.2, -0.15) is 13.2 Å². The summed E-state index contributed by atoms with van der Waals surface area (Å²) < 4.78 is 50.3. The van der Waals surface area contributed by atoms with Crippen LogP contribution < -0.4 is 0 Å². The quantitative estimate of drug-likeness (QED) is 0.448. The first kappa shape index (κ1) is 12.4. The van der Waals surface area contributed by atoms with E-state index in [-0.39, 0.29) is 6.29 Å². The zero-order valence-corrected chi connectivity index (χ0v) is 8.06. The molecule has 0 radical (unpaired) electrons. The van der Waals surface area contributed by atoms with Crippen LogP contribution in [0.1, 0.15) is 33.2 Å². The lowest BCUT2D eigenvalue weighted by molar-refractivity contribution is -0.137. The summed E-state index contributed by atoms with van der Waals surface area (Å²) in [5, 5.41) is 0. The Morgan fingerprint density at radius 2 is 1.88 bits per heavy atom. The van der Waals surface area contributed by atoms with Crippen molar-refractivity contribution in [3.8, 4) is 0 Å². The maximum absolute atomic E-state index is 13.3. The van der Waals surface area contributed by atoms with Crippen molar-refractivity contribution >= 4 is 12.1 Å². The summed E-state index contributed by atoms with van der Waals surface area (Å²) in [7, 11) is 0. The van der Waals surface area contributed by atoms with Gasteiger partial charge < -0.3 is 0 Å². The largest absolute Gasteiger partial charge is 0.416 e. The van der Waals surface area contributed by atoms with Crippen molar-refractivity contribution in [2.45, 2.75) is 13.1 Å². The van der Waals surface area contributed by atoms with Crippen LogP contribution in [0.5, 0.6) is 0 Å². The van der Waals surface area contributed by atoms with Crippen LogP contribution >= 0.6 is 0 Å². The van der Waals surface area contributed by atoms with Crippen LogP contribution in [0.4, 0.5) is 17.6 Å². The molecule has 0 saturated carbocycles. The molecule has 0 aromatic heterocycles. The SMILES string of the molecule is CC(=O)c1cc(C(F)(F)F)cc(C=O)c1F. The van der Waals surface area contributed by atoms with Crippen LogP contribution in [-0.2, 0) is 6.18 Å². The summed E-state index contributed by atoms with van der Waals surface area (Å²) >= 11 is 0. The monoisotopic (exact) mass is 234 g/mol. The van der Waals surface area contributed by atoms with Crippen LogP contribution in [-0.4, -0.2) is 12.1 Å². The highest BCUT2D eigenvalue weighted by Gasteiger charge is 2.32. The molecular weight excluding hydrogens is 228 g/mol. The predicted molar refractivity (Wildman–Crippen MR) is 46.8 cm³/mol. The van der Waals surface area contributed by atoms with Gasteiger partial charge in [0.2, 0.25) is 0 Å². The van der Waals surface area contributed by atoms with Crippen molar-refractivity contribution in [3.05, 3.63) is 34.6 Å². The fourth-order valence-electron chi connectivity index (χ4n) is 1.15. The average molecular weight is 234 g/mol. The van der Waals surface area contributed by atoms with Gasteiger partial charge in [-0.05, 0) is 19.1 Å². The molecule has 0 aliphatic rings. The molecule has 0 fully saturated rings. The first-order valence-electron chi connectivity index (χ1n) is 4.14. The molecule has 16 heavy (non-hydrogen) atoms. The van der Waals surface area contributed by atoms with Gasteiger partial charge in [0.15, 0.2) is 12.1 Å². The van der Waals surface area contributed by atoms with Crippen molar-refractivity contribution in [2.75, 3.05) is 0 Å². The smallest absolute Gasteiger partial charge is 0.298 e. The predicted octanol–water partition coefficient (Wildman–Crippen LogP) is 2.86. The lowest BCUT2D eigenvalue weighted by atomic mass is 10.0. The summed E-state index contributed by atoms with van der Waals surface area (Å²) in [6.45, 7) is 0.924. The number of halogens is 4. The summed E-state index contributed by atoms with van der Waals surface area (Å²) in [5.74, 6) is -2.10. The molecule has 0 unspecified atom stereocenters. The van der Waals surface area contributed by atoms with Gasteiger partial charge in [0.25, 0.3) is 0 Å². The molecule has 1 aromatic rings. The first-order valence-corrected chi connectivity index (χ1v) is 4.14. The van der Waals surface area contributed by atoms with Gasteiger partial charge >= 0.3 is 6.18 Å². The number of carbonyl (C=O) groups excluding carboxylic acids is 2. The van der Waals surface area contributed by atoms with E-state index in [1.54, 1.807) is 0 Å². The normalized spacial score (nSPS) is 11.3. The molecule has 0 aliphatic carbocycles. The van der Waals surface area contributed by atoms with E-state index < -0.39 is 34.5 Å². The van der Waals surface area contributed by atoms with Crippen LogP contribution in [0.3, 0.4) is 0 Å². The number of hydrogen-bond acceptors (Lipinski definition) is 2. The molecule has 0 N–H and O–H groups in total. The maximum Gasteiger partial charge on any atom is 0.416 e. The fraction of sp³-hybridized carbons (Fsp3) is 0.200. The van der Waals surface area contributed by atoms with Crippen molar-refractivity contribution in [3.63, 3.8) is 0 Å². The number of carbonyl (C=O) groups is 2. The molecule has 0 spiro atoms. The van der Waals surface area contributed by atoms with Gasteiger partial charge in [-0.15, -0.1) is 0 Å². The van der Waals surface area contributed by atoms with Gasteiger partial charge in [-0.25, -0.2) is 4.39 Å². The first-order chi connectivity index (χ1) is 7.27. The summed E-state index contributed by atoms with van der Waals surface area (Å²) in [4.78, 5) is 21.3. The van der Waals surface area contributed by atoms with Crippen LogP contribution in [0, 0.1) is 5.82 Å². The zero-order valence-electron chi connectivity index (χ0n) is 8.06. The number of rotatable bonds is 2. The highest BCUT2D eigenvalue weighted by Crippen LogP contribution is 2.31. The minimum atomic E-state index is -4.73. The Balaban J connectivity index is 3.52. The number of alkyl halides is 3. The molecule has 0 atom stereocenters. The lowest BCUT2D eigenvalue weighted by Crippen LogP contribution is -2.10. The lowest BCUT2D eigenvalue weighted by Gasteiger charge is -2.09. The number of hydrogen-bond donors (Lipinski definition) is 0. The zero-order chi connectivity index (χ0) is 12.5. The van der Waals surface area contributed by atoms with Gasteiger partial charge in [-0.3, -0.25) is 9.59 Å².